The Morgan fingerprint density at radius 3 is 3.27 bits per heavy atom. The third-order valence-corrected chi connectivity index (χ3v) is 2.76. The van der Waals surface area contributed by atoms with E-state index in [4.69, 9.17) is 0 Å². The lowest BCUT2D eigenvalue weighted by atomic mass is 10.2. The molecule has 3 rings (SSSR count). The van der Waals surface area contributed by atoms with E-state index in [-0.39, 0.29) is 0 Å². The van der Waals surface area contributed by atoms with E-state index < -0.39 is 0 Å². The Labute approximate surface area is 87.3 Å². The standard InChI is InChI=1S/C10H13N5/c1-3-11-5-7(1)15-10-8-2-4-12-9(8)13-6-14-10/h2,4,6-7,11H,1,3,5H2,(H2,12,13,14,15). The number of H-pyrrole nitrogens is 1. The van der Waals surface area contributed by atoms with Gasteiger partial charge in [-0.15, -0.1) is 0 Å². The van der Waals surface area contributed by atoms with Crippen LogP contribution in [0.5, 0.6) is 0 Å². The van der Waals surface area contributed by atoms with Crippen LogP contribution in [0.2, 0.25) is 0 Å². The van der Waals surface area contributed by atoms with Crippen molar-refractivity contribution < 1.29 is 0 Å². The van der Waals surface area contributed by atoms with Crippen molar-refractivity contribution in [2.24, 2.45) is 0 Å². The monoisotopic (exact) mass is 203 g/mol. The topological polar surface area (TPSA) is 65.6 Å². The Bertz CT molecular complexity index is 458. The molecule has 0 saturated carbocycles. The van der Waals surface area contributed by atoms with Crippen LogP contribution < -0.4 is 10.6 Å². The van der Waals surface area contributed by atoms with E-state index in [1.54, 1.807) is 6.33 Å². The summed E-state index contributed by atoms with van der Waals surface area (Å²) in [4.78, 5) is 11.5. The SMILES string of the molecule is c1nc(NC2CCNC2)c2cc[nH]c2n1. The summed E-state index contributed by atoms with van der Waals surface area (Å²) in [6.07, 6.45) is 4.62. The molecule has 3 heterocycles. The molecule has 1 saturated heterocycles. The van der Waals surface area contributed by atoms with Crippen LogP contribution in [-0.4, -0.2) is 34.1 Å². The molecule has 78 valence electrons. The predicted molar refractivity (Wildman–Crippen MR) is 58.8 cm³/mol. The van der Waals surface area contributed by atoms with Crippen LogP contribution in [-0.2, 0) is 0 Å². The minimum absolute atomic E-state index is 0.484. The Hall–Kier alpha value is -1.62. The molecular weight excluding hydrogens is 190 g/mol. The molecule has 0 amide bonds. The Morgan fingerprint density at radius 1 is 1.40 bits per heavy atom. The molecule has 0 aliphatic carbocycles. The average Bonchev–Trinajstić information content (AvgIpc) is 2.87. The van der Waals surface area contributed by atoms with Gasteiger partial charge < -0.3 is 15.6 Å². The third-order valence-electron chi connectivity index (χ3n) is 2.76. The Balaban J connectivity index is 1.92. The van der Waals surface area contributed by atoms with Gasteiger partial charge in [0.15, 0.2) is 0 Å². The number of nitrogens with zero attached hydrogens (tertiary/aromatic N) is 2. The zero-order chi connectivity index (χ0) is 10.1. The second kappa shape index (κ2) is 3.51. The first-order valence-corrected chi connectivity index (χ1v) is 5.19. The largest absolute Gasteiger partial charge is 0.365 e. The summed E-state index contributed by atoms with van der Waals surface area (Å²) in [6, 6.07) is 2.48. The van der Waals surface area contributed by atoms with Crippen LogP contribution in [0, 0.1) is 0 Å². The maximum atomic E-state index is 4.27. The quantitative estimate of drug-likeness (QED) is 0.673. The molecule has 1 atom stereocenters. The maximum Gasteiger partial charge on any atom is 0.142 e. The minimum atomic E-state index is 0.484. The summed E-state index contributed by atoms with van der Waals surface area (Å²) in [5.74, 6) is 0.926. The number of nitrogens with one attached hydrogen (secondary N) is 3. The highest BCUT2D eigenvalue weighted by Crippen LogP contribution is 2.19. The predicted octanol–water partition coefficient (Wildman–Crippen LogP) is 0.732. The molecule has 1 fully saturated rings. The summed E-state index contributed by atoms with van der Waals surface area (Å²) in [6.45, 7) is 2.09. The molecule has 3 N–H and O–H groups in total. The van der Waals surface area contributed by atoms with E-state index in [2.05, 4.69) is 25.6 Å². The van der Waals surface area contributed by atoms with Crippen molar-refractivity contribution in [3.63, 3.8) is 0 Å². The normalized spacial score (nSPS) is 20.9. The number of aromatic nitrogens is 3. The Kier molecular flexibility index (Phi) is 2.03. The molecule has 2 aromatic rings. The summed E-state index contributed by atoms with van der Waals surface area (Å²) in [5.41, 5.74) is 0.887. The van der Waals surface area contributed by atoms with E-state index in [1.165, 1.54) is 0 Å². The second-order valence-corrected chi connectivity index (χ2v) is 3.80. The van der Waals surface area contributed by atoms with Gasteiger partial charge in [0.2, 0.25) is 0 Å². The van der Waals surface area contributed by atoms with Crippen molar-refractivity contribution in [3.8, 4) is 0 Å². The van der Waals surface area contributed by atoms with Gasteiger partial charge in [-0.05, 0) is 19.0 Å². The van der Waals surface area contributed by atoms with Gasteiger partial charge in [-0.2, -0.15) is 0 Å². The van der Waals surface area contributed by atoms with Gasteiger partial charge >= 0.3 is 0 Å². The first kappa shape index (κ1) is 8.67. The van der Waals surface area contributed by atoms with Gasteiger partial charge in [-0.25, -0.2) is 9.97 Å². The summed E-state index contributed by atoms with van der Waals surface area (Å²) >= 11 is 0. The van der Waals surface area contributed by atoms with E-state index in [0.717, 1.165) is 36.4 Å². The van der Waals surface area contributed by atoms with Gasteiger partial charge in [0.25, 0.3) is 0 Å². The zero-order valence-corrected chi connectivity index (χ0v) is 8.33. The van der Waals surface area contributed by atoms with E-state index in [0.29, 0.717) is 6.04 Å². The van der Waals surface area contributed by atoms with Gasteiger partial charge in [-0.3, -0.25) is 0 Å². The lowest BCUT2D eigenvalue weighted by Gasteiger charge is -2.11. The highest BCUT2D eigenvalue weighted by Gasteiger charge is 2.15. The van der Waals surface area contributed by atoms with Gasteiger partial charge in [0, 0.05) is 18.8 Å². The number of hydrogen-bond acceptors (Lipinski definition) is 4. The number of anilines is 1. The molecule has 1 aliphatic rings. The third kappa shape index (κ3) is 1.55. The molecule has 15 heavy (non-hydrogen) atoms. The van der Waals surface area contributed by atoms with Crippen LogP contribution in [0.1, 0.15) is 6.42 Å². The van der Waals surface area contributed by atoms with Gasteiger partial charge in [-0.1, -0.05) is 0 Å². The van der Waals surface area contributed by atoms with E-state index in [9.17, 15) is 0 Å². The van der Waals surface area contributed by atoms with Crippen molar-refractivity contribution in [1.82, 2.24) is 20.3 Å². The summed E-state index contributed by atoms with van der Waals surface area (Å²) in [7, 11) is 0. The molecule has 0 radical (unpaired) electrons. The number of hydrogen-bond donors (Lipinski definition) is 3. The molecule has 1 aliphatic heterocycles. The molecule has 5 heteroatoms. The van der Waals surface area contributed by atoms with Crippen LogP contribution >= 0.6 is 0 Å². The smallest absolute Gasteiger partial charge is 0.142 e. The van der Waals surface area contributed by atoms with Crippen molar-refractivity contribution >= 4 is 16.9 Å². The Morgan fingerprint density at radius 2 is 2.40 bits per heavy atom. The lowest BCUT2D eigenvalue weighted by molar-refractivity contribution is 0.789. The number of aromatic amines is 1. The van der Waals surface area contributed by atoms with Crippen LogP contribution in [0.15, 0.2) is 18.6 Å². The molecule has 0 aromatic carbocycles. The minimum Gasteiger partial charge on any atom is -0.365 e. The fourth-order valence-electron chi connectivity index (χ4n) is 1.96. The molecular formula is C10H13N5. The first-order chi connectivity index (χ1) is 7.43. The van der Waals surface area contributed by atoms with E-state index in [1.807, 2.05) is 12.3 Å². The van der Waals surface area contributed by atoms with Crippen LogP contribution in [0.4, 0.5) is 5.82 Å². The molecule has 5 nitrogen and oxygen atoms in total. The molecule has 1 unspecified atom stereocenters. The van der Waals surface area contributed by atoms with Crippen molar-refractivity contribution in [3.05, 3.63) is 18.6 Å². The molecule has 0 spiro atoms. The number of fused-ring (bicyclic) bond motifs is 1. The summed E-state index contributed by atoms with van der Waals surface area (Å²) in [5, 5.41) is 7.82. The van der Waals surface area contributed by atoms with Crippen molar-refractivity contribution in [2.45, 2.75) is 12.5 Å². The average molecular weight is 203 g/mol. The van der Waals surface area contributed by atoms with E-state index >= 15 is 0 Å². The highest BCUT2D eigenvalue weighted by atomic mass is 15.1. The van der Waals surface area contributed by atoms with Crippen LogP contribution in [0.3, 0.4) is 0 Å². The number of rotatable bonds is 2. The summed E-state index contributed by atoms with van der Waals surface area (Å²) < 4.78 is 0. The van der Waals surface area contributed by atoms with Crippen LogP contribution in [0.25, 0.3) is 11.0 Å². The molecule has 2 aromatic heterocycles. The van der Waals surface area contributed by atoms with Gasteiger partial charge in [0.05, 0.1) is 5.39 Å². The fraction of sp³-hybridized carbons (Fsp3) is 0.400. The highest BCUT2D eigenvalue weighted by molar-refractivity contribution is 5.86. The van der Waals surface area contributed by atoms with Crippen molar-refractivity contribution in [2.75, 3.05) is 18.4 Å². The zero-order valence-electron chi connectivity index (χ0n) is 8.33. The fourth-order valence-corrected chi connectivity index (χ4v) is 1.96. The van der Waals surface area contributed by atoms with Gasteiger partial charge in [0.1, 0.15) is 17.8 Å². The first-order valence-electron chi connectivity index (χ1n) is 5.19. The second-order valence-electron chi connectivity index (χ2n) is 3.80. The lowest BCUT2D eigenvalue weighted by Crippen LogP contribution is -2.22. The van der Waals surface area contributed by atoms with Crippen molar-refractivity contribution in [1.29, 1.82) is 0 Å². The maximum absolute atomic E-state index is 4.27. The molecule has 0 bridgehead atoms.